The Morgan fingerprint density at radius 2 is 2.00 bits per heavy atom. The molecule has 104 valence electrons. The van der Waals surface area contributed by atoms with Crippen LogP contribution < -0.4 is 15.8 Å². The Hall–Kier alpha value is -2.56. The molecule has 1 unspecified atom stereocenters. The molecule has 0 aliphatic carbocycles. The molecule has 1 heterocycles. The lowest BCUT2D eigenvalue weighted by atomic mass is 10.1. The van der Waals surface area contributed by atoms with E-state index in [0.717, 1.165) is 11.3 Å². The maximum Gasteiger partial charge on any atom is 0.255 e. The van der Waals surface area contributed by atoms with Gasteiger partial charge < -0.3 is 15.8 Å². The summed E-state index contributed by atoms with van der Waals surface area (Å²) >= 11 is 0. The van der Waals surface area contributed by atoms with E-state index in [0.29, 0.717) is 11.3 Å². The summed E-state index contributed by atoms with van der Waals surface area (Å²) in [5.41, 5.74) is 7.54. The zero-order valence-corrected chi connectivity index (χ0v) is 11.5. The normalized spacial score (nSPS) is 11.7. The number of nitrogens with two attached hydrogens (primary N) is 1. The van der Waals surface area contributed by atoms with Gasteiger partial charge in [0.05, 0.1) is 18.7 Å². The molecular formula is C15H17N3O2. The number of nitrogens with one attached hydrogen (secondary N) is 1. The second kappa shape index (κ2) is 6.06. The van der Waals surface area contributed by atoms with Crippen LogP contribution in [0.1, 0.15) is 28.9 Å². The highest BCUT2D eigenvalue weighted by Crippen LogP contribution is 2.18. The summed E-state index contributed by atoms with van der Waals surface area (Å²) in [7, 11) is 1.62. The first-order valence-corrected chi connectivity index (χ1v) is 6.26. The predicted molar refractivity (Wildman–Crippen MR) is 77.5 cm³/mol. The fraction of sp³-hybridized carbons (Fsp3) is 0.200. The average Bonchev–Trinajstić information content (AvgIpc) is 2.47. The number of pyridine rings is 1. The van der Waals surface area contributed by atoms with Gasteiger partial charge in [-0.2, -0.15) is 0 Å². The summed E-state index contributed by atoms with van der Waals surface area (Å²) in [5.74, 6) is 0.544. The Bertz CT molecular complexity index is 596. The number of benzene rings is 1. The molecule has 0 fully saturated rings. The zero-order chi connectivity index (χ0) is 14.5. The number of hydrogen-bond donors (Lipinski definition) is 2. The molecule has 20 heavy (non-hydrogen) atoms. The molecule has 2 aromatic rings. The van der Waals surface area contributed by atoms with Crippen LogP contribution in [-0.2, 0) is 0 Å². The summed E-state index contributed by atoms with van der Waals surface area (Å²) in [5, 5.41) is 2.89. The van der Waals surface area contributed by atoms with Crippen LogP contribution in [0.5, 0.6) is 5.75 Å². The van der Waals surface area contributed by atoms with Gasteiger partial charge in [0.2, 0.25) is 0 Å². The van der Waals surface area contributed by atoms with Gasteiger partial charge in [-0.1, -0.05) is 12.1 Å². The molecule has 1 atom stereocenters. The van der Waals surface area contributed by atoms with Gasteiger partial charge in [0, 0.05) is 18.1 Å². The van der Waals surface area contributed by atoms with E-state index in [1.54, 1.807) is 19.4 Å². The van der Waals surface area contributed by atoms with Crippen LogP contribution in [0.3, 0.4) is 0 Å². The lowest BCUT2D eigenvalue weighted by molar-refractivity contribution is 0.0940. The Morgan fingerprint density at radius 3 is 2.60 bits per heavy atom. The third-order valence-corrected chi connectivity index (χ3v) is 3.06. The number of nitrogens with zero attached hydrogens (tertiary/aromatic N) is 1. The topological polar surface area (TPSA) is 77.2 Å². The van der Waals surface area contributed by atoms with Crippen molar-refractivity contribution in [1.82, 2.24) is 10.3 Å². The standard InChI is InChI=1S/C15H17N3O2/c1-10(11-3-5-12(20-2)6-4-11)18-15(19)13-9-17-8-7-14(13)16/h3-10H,1-2H3,(H2,16,17)(H,18,19). The second-order valence-corrected chi connectivity index (χ2v) is 4.43. The number of carbonyl (C=O) groups excluding carboxylic acids is 1. The maximum atomic E-state index is 12.1. The van der Waals surface area contributed by atoms with Gasteiger partial charge in [0.25, 0.3) is 5.91 Å². The van der Waals surface area contributed by atoms with Crippen molar-refractivity contribution in [2.45, 2.75) is 13.0 Å². The molecule has 2 rings (SSSR count). The van der Waals surface area contributed by atoms with Gasteiger partial charge in [-0.05, 0) is 30.7 Å². The van der Waals surface area contributed by atoms with E-state index in [9.17, 15) is 4.79 Å². The number of carbonyl (C=O) groups is 1. The van der Waals surface area contributed by atoms with Crippen LogP contribution >= 0.6 is 0 Å². The smallest absolute Gasteiger partial charge is 0.255 e. The van der Waals surface area contributed by atoms with Crippen LogP contribution in [0.2, 0.25) is 0 Å². The van der Waals surface area contributed by atoms with E-state index in [-0.39, 0.29) is 11.9 Å². The van der Waals surface area contributed by atoms with Crippen LogP contribution in [0.25, 0.3) is 0 Å². The maximum absolute atomic E-state index is 12.1. The zero-order valence-electron chi connectivity index (χ0n) is 11.5. The van der Waals surface area contributed by atoms with Crippen LogP contribution in [0.15, 0.2) is 42.7 Å². The van der Waals surface area contributed by atoms with Gasteiger partial charge in [0.1, 0.15) is 5.75 Å². The van der Waals surface area contributed by atoms with Gasteiger partial charge in [-0.15, -0.1) is 0 Å². The fourth-order valence-corrected chi connectivity index (χ4v) is 1.85. The molecule has 0 bridgehead atoms. The highest BCUT2D eigenvalue weighted by Gasteiger charge is 2.13. The number of methoxy groups -OCH3 is 1. The van der Waals surface area contributed by atoms with Crippen molar-refractivity contribution in [3.63, 3.8) is 0 Å². The molecule has 3 N–H and O–H groups in total. The Labute approximate surface area is 117 Å². The largest absolute Gasteiger partial charge is 0.497 e. The van der Waals surface area contributed by atoms with Gasteiger partial charge in [-0.3, -0.25) is 9.78 Å². The van der Waals surface area contributed by atoms with E-state index in [1.807, 2.05) is 31.2 Å². The first kappa shape index (κ1) is 13.9. The van der Waals surface area contributed by atoms with Crippen LogP contribution in [0, 0.1) is 0 Å². The molecule has 0 saturated carbocycles. The van der Waals surface area contributed by atoms with Crippen molar-refractivity contribution in [2.75, 3.05) is 12.8 Å². The van der Waals surface area contributed by atoms with Crippen molar-refractivity contribution in [3.8, 4) is 5.75 Å². The molecule has 1 aromatic carbocycles. The predicted octanol–water partition coefficient (Wildman–Crippen LogP) is 2.16. The molecule has 1 amide bonds. The summed E-state index contributed by atoms with van der Waals surface area (Å²) in [6.45, 7) is 1.91. The molecule has 0 aliphatic rings. The minimum atomic E-state index is -0.237. The molecule has 0 radical (unpaired) electrons. The number of anilines is 1. The van der Waals surface area contributed by atoms with Crippen molar-refractivity contribution in [1.29, 1.82) is 0 Å². The molecular weight excluding hydrogens is 254 g/mol. The highest BCUT2D eigenvalue weighted by atomic mass is 16.5. The summed E-state index contributed by atoms with van der Waals surface area (Å²) in [6, 6.07) is 9.01. The third-order valence-electron chi connectivity index (χ3n) is 3.06. The van der Waals surface area contributed by atoms with E-state index < -0.39 is 0 Å². The van der Waals surface area contributed by atoms with Crippen molar-refractivity contribution in [2.24, 2.45) is 0 Å². The molecule has 0 aliphatic heterocycles. The summed E-state index contributed by atoms with van der Waals surface area (Å²) in [6.07, 6.45) is 3.02. The SMILES string of the molecule is COc1ccc(C(C)NC(=O)c2cnccc2N)cc1. The lowest BCUT2D eigenvalue weighted by Crippen LogP contribution is -2.27. The Kier molecular flexibility index (Phi) is 4.20. The lowest BCUT2D eigenvalue weighted by Gasteiger charge is -2.15. The molecule has 5 heteroatoms. The molecule has 5 nitrogen and oxygen atoms in total. The fourth-order valence-electron chi connectivity index (χ4n) is 1.85. The molecule has 0 spiro atoms. The number of amides is 1. The third kappa shape index (κ3) is 3.06. The van der Waals surface area contributed by atoms with E-state index in [1.165, 1.54) is 6.20 Å². The summed E-state index contributed by atoms with van der Waals surface area (Å²) < 4.78 is 5.10. The highest BCUT2D eigenvalue weighted by molar-refractivity contribution is 5.98. The van der Waals surface area contributed by atoms with Crippen LogP contribution in [-0.4, -0.2) is 18.0 Å². The molecule has 0 saturated heterocycles. The van der Waals surface area contributed by atoms with E-state index in [2.05, 4.69) is 10.3 Å². The Morgan fingerprint density at radius 1 is 1.30 bits per heavy atom. The average molecular weight is 271 g/mol. The number of rotatable bonds is 4. The minimum absolute atomic E-state index is 0.131. The molecule has 1 aromatic heterocycles. The summed E-state index contributed by atoms with van der Waals surface area (Å²) in [4.78, 5) is 16.0. The van der Waals surface area contributed by atoms with Crippen molar-refractivity contribution < 1.29 is 9.53 Å². The number of hydrogen-bond acceptors (Lipinski definition) is 4. The number of ether oxygens (including phenoxy) is 1. The first-order valence-electron chi connectivity index (χ1n) is 6.26. The quantitative estimate of drug-likeness (QED) is 0.893. The van der Waals surface area contributed by atoms with Crippen LogP contribution in [0.4, 0.5) is 5.69 Å². The second-order valence-electron chi connectivity index (χ2n) is 4.43. The van der Waals surface area contributed by atoms with Crippen molar-refractivity contribution >= 4 is 11.6 Å². The van der Waals surface area contributed by atoms with E-state index >= 15 is 0 Å². The van der Waals surface area contributed by atoms with Gasteiger partial charge in [-0.25, -0.2) is 0 Å². The van der Waals surface area contributed by atoms with E-state index in [4.69, 9.17) is 10.5 Å². The Balaban J connectivity index is 2.09. The van der Waals surface area contributed by atoms with Gasteiger partial charge >= 0.3 is 0 Å². The monoisotopic (exact) mass is 271 g/mol. The number of aromatic nitrogens is 1. The number of nitrogen functional groups attached to an aromatic ring is 1. The van der Waals surface area contributed by atoms with Gasteiger partial charge in [0.15, 0.2) is 0 Å². The minimum Gasteiger partial charge on any atom is -0.497 e. The van der Waals surface area contributed by atoms with Crippen molar-refractivity contribution in [3.05, 3.63) is 53.9 Å². The first-order chi connectivity index (χ1) is 9.61.